The van der Waals surface area contributed by atoms with E-state index >= 15 is 0 Å². The van der Waals surface area contributed by atoms with Crippen molar-refractivity contribution in [3.05, 3.63) is 17.8 Å². The number of aliphatic carboxylic acids is 1. The number of aryl methyl sites for hydroxylation is 1. The Morgan fingerprint density at radius 2 is 2.21 bits per heavy atom. The summed E-state index contributed by atoms with van der Waals surface area (Å²) in [6, 6.07) is 1.73. The Kier molecular flexibility index (Phi) is 3.78. The highest BCUT2D eigenvalue weighted by atomic mass is 32.2. The van der Waals surface area contributed by atoms with E-state index in [9.17, 15) is 13.2 Å². The monoisotopic (exact) mass is 286 g/mol. The number of hydrogen-bond donors (Lipinski definition) is 2. The molecule has 1 aromatic heterocycles. The van der Waals surface area contributed by atoms with Crippen molar-refractivity contribution < 1.29 is 18.3 Å². The van der Waals surface area contributed by atoms with E-state index in [4.69, 9.17) is 5.11 Å². The molecule has 0 aliphatic carbocycles. The summed E-state index contributed by atoms with van der Waals surface area (Å²) in [5.41, 5.74) is 0.592. The third-order valence-corrected chi connectivity index (χ3v) is 4.63. The Morgan fingerprint density at radius 1 is 1.47 bits per heavy atom. The first-order chi connectivity index (χ1) is 8.93. The number of nitrogens with zero attached hydrogens (tertiary/aromatic N) is 3. The Labute approximate surface area is 110 Å². The molecule has 0 spiro atoms. The van der Waals surface area contributed by atoms with Crippen molar-refractivity contribution in [2.24, 2.45) is 0 Å². The maximum absolute atomic E-state index is 12.3. The van der Waals surface area contributed by atoms with E-state index in [1.807, 2.05) is 0 Å². The largest absolute Gasteiger partial charge is 0.480 e. The van der Waals surface area contributed by atoms with Gasteiger partial charge >= 0.3 is 5.97 Å². The van der Waals surface area contributed by atoms with E-state index in [0.29, 0.717) is 12.2 Å². The summed E-state index contributed by atoms with van der Waals surface area (Å²) < 4.78 is 25.6. The molecule has 1 atom stereocenters. The van der Waals surface area contributed by atoms with Crippen LogP contribution in [0.15, 0.2) is 17.2 Å². The molecule has 0 amide bonds. The second kappa shape index (κ2) is 5.19. The molecule has 2 rings (SSSR count). The lowest BCUT2D eigenvalue weighted by molar-refractivity contribution is -0.141. The summed E-state index contributed by atoms with van der Waals surface area (Å²) in [6.45, 7) is 2.26. The minimum absolute atomic E-state index is 0.0772. The number of piperazine rings is 1. The lowest BCUT2D eigenvalue weighted by atomic mass is 10.2. The summed E-state index contributed by atoms with van der Waals surface area (Å²) in [5, 5.41) is 19.0. The number of hydrogen-bond acceptors (Lipinski definition) is 6. The number of aromatic nitrogens is 2. The fraction of sp³-hybridized carbons (Fsp3) is 0.500. The first kappa shape index (κ1) is 13.8. The standard InChI is InChI=1S/C10H14N4O4S/c1-7-2-3-9(13-12-7)19(17,18)14-5-4-11-6-8(14)10(15)16/h2-3,8,11H,4-6H2,1H3,(H,15,16)/t8-/m1/s1. The fourth-order valence-electron chi connectivity index (χ4n) is 1.83. The zero-order chi connectivity index (χ0) is 14.0. The smallest absolute Gasteiger partial charge is 0.323 e. The number of rotatable bonds is 3. The van der Waals surface area contributed by atoms with Crippen LogP contribution >= 0.6 is 0 Å². The molecular formula is C10H14N4O4S. The predicted molar refractivity (Wildman–Crippen MR) is 65.0 cm³/mol. The molecular weight excluding hydrogens is 272 g/mol. The predicted octanol–water partition coefficient (Wildman–Crippen LogP) is -1.17. The Hall–Kier alpha value is -1.58. The van der Waals surface area contributed by atoms with Crippen LogP contribution in [0.5, 0.6) is 0 Å². The SMILES string of the molecule is Cc1ccc(S(=O)(=O)N2CCNC[C@@H]2C(=O)O)nn1. The molecule has 0 bridgehead atoms. The van der Waals surface area contributed by atoms with E-state index in [2.05, 4.69) is 15.5 Å². The van der Waals surface area contributed by atoms with E-state index in [0.717, 1.165) is 4.31 Å². The van der Waals surface area contributed by atoms with Gasteiger partial charge < -0.3 is 10.4 Å². The van der Waals surface area contributed by atoms with Gasteiger partial charge in [0.05, 0.1) is 5.69 Å². The first-order valence-corrected chi connectivity index (χ1v) is 7.12. The third-order valence-electron chi connectivity index (χ3n) is 2.83. The van der Waals surface area contributed by atoms with E-state index in [1.54, 1.807) is 6.92 Å². The van der Waals surface area contributed by atoms with Crippen molar-refractivity contribution in [1.82, 2.24) is 19.8 Å². The highest BCUT2D eigenvalue weighted by Gasteiger charge is 2.38. The molecule has 1 fully saturated rings. The first-order valence-electron chi connectivity index (χ1n) is 5.68. The van der Waals surface area contributed by atoms with Crippen LogP contribution in [0.3, 0.4) is 0 Å². The minimum Gasteiger partial charge on any atom is -0.480 e. The Balaban J connectivity index is 2.37. The zero-order valence-electron chi connectivity index (χ0n) is 10.3. The molecule has 0 aromatic carbocycles. The third kappa shape index (κ3) is 2.72. The van der Waals surface area contributed by atoms with Crippen molar-refractivity contribution in [1.29, 1.82) is 0 Å². The van der Waals surface area contributed by atoms with Crippen molar-refractivity contribution in [3.8, 4) is 0 Å². The molecule has 0 saturated carbocycles. The van der Waals surface area contributed by atoms with Gasteiger partial charge in [-0.05, 0) is 19.1 Å². The van der Waals surface area contributed by atoms with Crippen LogP contribution in [-0.2, 0) is 14.8 Å². The van der Waals surface area contributed by atoms with Gasteiger partial charge in [0.2, 0.25) is 0 Å². The number of carboxylic acids is 1. The molecule has 104 valence electrons. The molecule has 1 aromatic rings. The maximum Gasteiger partial charge on any atom is 0.323 e. The summed E-state index contributed by atoms with van der Waals surface area (Å²) >= 11 is 0. The molecule has 0 radical (unpaired) electrons. The quantitative estimate of drug-likeness (QED) is 0.720. The average Bonchev–Trinajstić information content (AvgIpc) is 2.39. The van der Waals surface area contributed by atoms with E-state index in [1.165, 1.54) is 12.1 Å². The Morgan fingerprint density at radius 3 is 2.79 bits per heavy atom. The van der Waals surface area contributed by atoms with Crippen molar-refractivity contribution in [3.63, 3.8) is 0 Å². The topological polar surface area (TPSA) is 112 Å². The van der Waals surface area contributed by atoms with Crippen molar-refractivity contribution in [2.45, 2.75) is 18.0 Å². The molecule has 0 unspecified atom stereocenters. The van der Waals surface area contributed by atoms with Gasteiger partial charge in [-0.1, -0.05) is 0 Å². The van der Waals surface area contributed by atoms with E-state index < -0.39 is 22.0 Å². The lowest BCUT2D eigenvalue weighted by Gasteiger charge is -2.31. The Bertz CT molecular complexity index is 572. The molecule has 19 heavy (non-hydrogen) atoms. The van der Waals surface area contributed by atoms with Gasteiger partial charge in [-0.15, -0.1) is 5.10 Å². The number of nitrogens with one attached hydrogen (secondary N) is 1. The van der Waals surface area contributed by atoms with Crippen molar-refractivity contribution >= 4 is 16.0 Å². The van der Waals surface area contributed by atoms with Crippen LogP contribution in [0.25, 0.3) is 0 Å². The molecule has 1 saturated heterocycles. The summed E-state index contributed by atoms with van der Waals surface area (Å²) in [4.78, 5) is 11.1. The lowest BCUT2D eigenvalue weighted by Crippen LogP contribution is -2.56. The zero-order valence-corrected chi connectivity index (χ0v) is 11.1. The highest BCUT2D eigenvalue weighted by Crippen LogP contribution is 2.17. The molecule has 1 aliphatic heterocycles. The molecule has 1 aliphatic rings. The second-order valence-corrected chi connectivity index (χ2v) is 6.02. The number of sulfonamides is 1. The average molecular weight is 286 g/mol. The van der Waals surface area contributed by atoms with Gasteiger partial charge in [-0.3, -0.25) is 4.79 Å². The van der Waals surface area contributed by atoms with Gasteiger partial charge in [0.15, 0.2) is 5.03 Å². The van der Waals surface area contributed by atoms with Crippen molar-refractivity contribution in [2.75, 3.05) is 19.6 Å². The number of carbonyl (C=O) groups is 1. The second-order valence-electron chi connectivity index (χ2n) is 4.19. The molecule has 2 heterocycles. The maximum atomic E-state index is 12.3. The van der Waals surface area contributed by atoms with Gasteiger partial charge in [-0.25, -0.2) is 8.42 Å². The normalized spacial score (nSPS) is 21.2. The molecule has 9 heteroatoms. The van der Waals surface area contributed by atoms with Gasteiger partial charge in [0, 0.05) is 19.6 Å². The van der Waals surface area contributed by atoms with E-state index in [-0.39, 0.29) is 18.1 Å². The summed E-state index contributed by atoms with van der Waals surface area (Å²) in [5.74, 6) is -1.18. The van der Waals surface area contributed by atoms with Crippen LogP contribution in [0.1, 0.15) is 5.69 Å². The molecule has 2 N–H and O–H groups in total. The summed E-state index contributed by atoms with van der Waals surface area (Å²) in [7, 11) is -3.93. The fourth-order valence-corrected chi connectivity index (χ4v) is 3.28. The van der Waals surface area contributed by atoms with Gasteiger partial charge in [0.25, 0.3) is 10.0 Å². The summed E-state index contributed by atoms with van der Waals surface area (Å²) in [6.07, 6.45) is 0. The van der Waals surface area contributed by atoms with Gasteiger partial charge in [-0.2, -0.15) is 9.40 Å². The van der Waals surface area contributed by atoms with Crippen LogP contribution in [0.4, 0.5) is 0 Å². The van der Waals surface area contributed by atoms with Crippen LogP contribution in [0.2, 0.25) is 0 Å². The van der Waals surface area contributed by atoms with Gasteiger partial charge in [0.1, 0.15) is 6.04 Å². The molecule has 8 nitrogen and oxygen atoms in total. The van der Waals surface area contributed by atoms with Crippen LogP contribution < -0.4 is 5.32 Å². The number of carboxylic acid groups (broad SMARTS) is 1. The highest BCUT2D eigenvalue weighted by molar-refractivity contribution is 7.89. The van der Waals surface area contributed by atoms with Crippen LogP contribution in [0, 0.1) is 6.92 Å². The minimum atomic E-state index is -3.93. The van der Waals surface area contributed by atoms with Crippen LogP contribution in [-0.4, -0.2) is 59.7 Å².